The van der Waals surface area contributed by atoms with Gasteiger partial charge in [-0.2, -0.15) is 0 Å². The minimum Gasteiger partial charge on any atom is -0.490 e. The van der Waals surface area contributed by atoms with Crippen LogP contribution in [0.1, 0.15) is 26.2 Å². The molecule has 2 rings (SSSR count). The zero-order valence-electron chi connectivity index (χ0n) is 14.4. The highest BCUT2D eigenvalue weighted by Crippen LogP contribution is 2.26. The first-order chi connectivity index (χ1) is 12.5. The van der Waals surface area contributed by atoms with Crippen molar-refractivity contribution >= 4 is 23.6 Å². The van der Waals surface area contributed by atoms with E-state index in [0.29, 0.717) is 18.1 Å². The maximum Gasteiger partial charge on any atom is 0.276 e. The highest BCUT2D eigenvalue weighted by Gasteiger charge is 2.28. The number of carbonyl (C=O) groups excluding carboxylic acids is 4. The van der Waals surface area contributed by atoms with Crippen LogP contribution in [0.15, 0.2) is 24.3 Å². The van der Waals surface area contributed by atoms with Gasteiger partial charge in [0.2, 0.25) is 17.7 Å². The van der Waals surface area contributed by atoms with Crippen LogP contribution in [0.5, 0.6) is 11.5 Å². The Morgan fingerprint density at radius 2 is 1.58 bits per heavy atom. The largest absolute Gasteiger partial charge is 0.490 e. The first-order valence-electron chi connectivity index (χ1n) is 8.26. The number of para-hydroxylation sites is 2. The van der Waals surface area contributed by atoms with Crippen LogP contribution in [0.25, 0.3) is 0 Å². The molecule has 0 bridgehead atoms. The summed E-state index contributed by atoms with van der Waals surface area (Å²) in [5.41, 5.74) is 4.42. The standard InChI is InChI=1S/C17H21N3O6/c1-2-25-12-5-3-4-6-13(12)26-11-15(22)19-18-14(21)9-10-20-16(23)7-8-17(20)24/h3-6H,2,7-11H2,1H3,(H,18,21)(H,19,22). The number of ether oxygens (including phenoxy) is 2. The molecule has 4 amide bonds. The monoisotopic (exact) mass is 363 g/mol. The number of amides is 4. The van der Waals surface area contributed by atoms with Crippen LogP contribution in [0, 0.1) is 0 Å². The van der Waals surface area contributed by atoms with Crippen LogP contribution in [0.4, 0.5) is 0 Å². The van der Waals surface area contributed by atoms with Gasteiger partial charge in [-0.05, 0) is 19.1 Å². The summed E-state index contributed by atoms with van der Waals surface area (Å²) in [5, 5.41) is 0. The summed E-state index contributed by atoms with van der Waals surface area (Å²) in [6, 6.07) is 6.92. The highest BCUT2D eigenvalue weighted by molar-refractivity contribution is 6.02. The molecule has 0 spiro atoms. The van der Waals surface area contributed by atoms with Gasteiger partial charge >= 0.3 is 0 Å². The molecule has 1 aromatic carbocycles. The Labute approximate surface area is 150 Å². The van der Waals surface area contributed by atoms with E-state index in [9.17, 15) is 19.2 Å². The lowest BCUT2D eigenvalue weighted by Gasteiger charge is -2.14. The quantitative estimate of drug-likeness (QED) is 0.502. The molecule has 9 nitrogen and oxygen atoms in total. The molecule has 0 atom stereocenters. The van der Waals surface area contributed by atoms with Crippen LogP contribution in [-0.4, -0.2) is 48.3 Å². The lowest BCUT2D eigenvalue weighted by Crippen LogP contribution is -2.45. The molecule has 1 fully saturated rings. The molecular weight excluding hydrogens is 342 g/mol. The van der Waals surface area contributed by atoms with Crippen molar-refractivity contribution in [3.8, 4) is 11.5 Å². The fourth-order valence-electron chi connectivity index (χ4n) is 2.31. The van der Waals surface area contributed by atoms with Gasteiger partial charge in [0.25, 0.3) is 5.91 Å². The van der Waals surface area contributed by atoms with E-state index in [1.165, 1.54) is 0 Å². The summed E-state index contributed by atoms with van der Waals surface area (Å²) in [6.07, 6.45) is 0.265. The number of hydrogen-bond acceptors (Lipinski definition) is 6. The van der Waals surface area contributed by atoms with Gasteiger partial charge in [-0.1, -0.05) is 12.1 Å². The van der Waals surface area contributed by atoms with Crippen molar-refractivity contribution in [1.29, 1.82) is 0 Å². The summed E-state index contributed by atoms with van der Waals surface area (Å²) in [7, 11) is 0. The Morgan fingerprint density at radius 1 is 1.00 bits per heavy atom. The van der Waals surface area contributed by atoms with Crippen LogP contribution < -0.4 is 20.3 Å². The van der Waals surface area contributed by atoms with Crippen LogP contribution in [0.3, 0.4) is 0 Å². The minimum absolute atomic E-state index is 0.00238. The van der Waals surface area contributed by atoms with E-state index < -0.39 is 11.8 Å². The number of hydrazine groups is 1. The summed E-state index contributed by atoms with van der Waals surface area (Å²) >= 11 is 0. The van der Waals surface area contributed by atoms with E-state index in [0.717, 1.165) is 4.90 Å². The lowest BCUT2D eigenvalue weighted by atomic mass is 10.3. The second kappa shape index (κ2) is 9.40. The summed E-state index contributed by atoms with van der Waals surface area (Å²) in [5.74, 6) is -0.700. The number of likely N-dealkylation sites (tertiary alicyclic amines) is 1. The summed E-state index contributed by atoms with van der Waals surface area (Å²) in [4.78, 5) is 47.4. The molecular formula is C17H21N3O6. The van der Waals surface area contributed by atoms with Gasteiger partial charge in [-0.3, -0.25) is 34.9 Å². The van der Waals surface area contributed by atoms with Gasteiger partial charge in [-0.15, -0.1) is 0 Å². The van der Waals surface area contributed by atoms with Crippen LogP contribution >= 0.6 is 0 Å². The second-order valence-corrected chi connectivity index (χ2v) is 5.45. The Morgan fingerprint density at radius 3 is 2.19 bits per heavy atom. The molecule has 2 N–H and O–H groups in total. The average molecular weight is 363 g/mol. The fraction of sp³-hybridized carbons (Fsp3) is 0.412. The lowest BCUT2D eigenvalue weighted by molar-refractivity contribution is -0.139. The Bertz CT molecular complexity index is 675. The van der Waals surface area contributed by atoms with Crippen molar-refractivity contribution in [2.24, 2.45) is 0 Å². The van der Waals surface area contributed by atoms with E-state index in [1.54, 1.807) is 24.3 Å². The van der Waals surface area contributed by atoms with E-state index in [2.05, 4.69) is 10.9 Å². The average Bonchev–Trinajstić information content (AvgIpc) is 2.95. The third kappa shape index (κ3) is 5.47. The molecule has 0 unspecified atom stereocenters. The zero-order chi connectivity index (χ0) is 18.9. The number of rotatable bonds is 8. The van der Waals surface area contributed by atoms with Gasteiger partial charge < -0.3 is 9.47 Å². The predicted octanol–water partition coefficient (Wildman–Crippen LogP) is 0.151. The topological polar surface area (TPSA) is 114 Å². The van der Waals surface area contributed by atoms with Crippen molar-refractivity contribution < 1.29 is 28.7 Å². The van der Waals surface area contributed by atoms with Gasteiger partial charge in [0, 0.05) is 25.8 Å². The number of nitrogens with one attached hydrogen (secondary N) is 2. The number of carbonyl (C=O) groups is 4. The van der Waals surface area contributed by atoms with Gasteiger partial charge in [0.1, 0.15) is 0 Å². The van der Waals surface area contributed by atoms with Crippen LogP contribution in [-0.2, 0) is 19.2 Å². The molecule has 0 saturated carbocycles. The van der Waals surface area contributed by atoms with E-state index >= 15 is 0 Å². The number of nitrogens with zero attached hydrogens (tertiary/aromatic N) is 1. The SMILES string of the molecule is CCOc1ccccc1OCC(=O)NNC(=O)CCN1C(=O)CCC1=O. The molecule has 1 aromatic rings. The molecule has 9 heteroatoms. The predicted molar refractivity (Wildman–Crippen MR) is 90.0 cm³/mol. The molecule has 26 heavy (non-hydrogen) atoms. The van der Waals surface area contributed by atoms with Crippen molar-refractivity contribution in [2.45, 2.75) is 26.2 Å². The van der Waals surface area contributed by atoms with E-state index in [-0.39, 0.29) is 44.2 Å². The van der Waals surface area contributed by atoms with E-state index in [1.807, 2.05) is 6.92 Å². The third-order valence-corrected chi connectivity index (χ3v) is 3.57. The normalized spacial score (nSPS) is 13.5. The highest BCUT2D eigenvalue weighted by atomic mass is 16.5. The Kier molecular flexibility index (Phi) is 6.95. The first-order valence-corrected chi connectivity index (χ1v) is 8.26. The van der Waals surface area contributed by atoms with Crippen molar-refractivity contribution in [2.75, 3.05) is 19.8 Å². The van der Waals surface area contributed by atoms with E-state index in [4.69, 9.17) is 9.47 Å². The Hall–Kier alpha value is -3.10. The smallest absolute Gasteiger partial charge is 0.276 e. The van der Waals surface area contributed by atoms with Crippen molar-refractivity contribution in [3.05, 3.63) is 24.3 Å². The van der Waals surface area contributed by atoms with Crippen molar-refractivity contribution in [1.82, 2.24) is 15.8 Å². The van der Waals surface area contributed by atoms with Gasteiger partial charge in [0.15, 0.2) is 18.1 Å². The third-order valence-electron chi connectivity index (χ3n) is 3.57. The molecule has 1 aliphatic rings. The summed E-state index contributed by atoms with van der Waals surface area (Å²) < 4.78 is 10.7. The summed E-state index contributed by atoms with van der Waals surface area (Å²) in [6.45, 7) is 1.98. The maximum absolute atomic E-state index is 11.7. The maximum atomic E-state index is 11.7. The minimum atomic E-state index is -0.557. The number of imide groups is 1. The molecule has 140 valence electrons. The first kappa shape index (κ1) is 19.2. The molecule has 0 aliphatic carbocycles. The zero-order valence-corrected chi connectivity index (χ0v) is 14.4. The molecule has 0 aromatic heterocycles. The number of benzene rings is 1. The van der Waals surface area contributed by atoms with Crippen molar-refractivity contribution in [3.63, 3.8) is 0 Å². The fourth-order valence-corrected chi connectivity index (χ4v) is 2.31. The Balaban J connectivity index is 1.69. The van der Waals surface area contributed by atoms with Crippen LogP contribution in [0.2, 0.25) is 0 Å². The van der Waals surface area contributed by atoms with Gasteiger partial charge in [-0.25, -0.2) is 0 Å². The second-order valence-electron chi connectivity index (χ2n) is 5.45. The van der Waals surface area contributed by atoms with Gasteiger partial charge in [0.05, 0.1) is 6.61 Å². The molecule has 1 aliphatic heterocycles. The number of hydrogen-bond donors (Lipinski definition) is 2. The molecule has 1 heterocycles. The molecule has 1 saturated heterocycles. The molecule has 0 radical (unpaired) electrons.